The van der Waals surface area contributed by atoms with E-state index in [4.69, 9.17) is 16.0 Å². The highest BCUT2D eigenvalue weighted by molar-refractivity contribution is 6.31. The summed E-state index contributed by atoms with van der Waals surface area (Å²) in [5.74, 6) is 0.831. The third-order valence-electron chi connectivity index (χ3n) is 2.81. The molecule has 3 rings (SSSR count). The Kier molecular flexibility index (Phi) is 2.14. The van der Waals surface area contributed by atoms with E-state index in [1.165, 1.54) is 11.1 Å². The monoisotopic (exact) mass is 234 g/mol. The fraction of sp³-hybridized carbons (Fsp3) is 0.250. The molecular weight excluding hydrogens is 224 g/mol. The molecule has 0 N–H and O–H groups in total. The first-order valence-corrected chi connectivity index (χ1v) is 5.55. The fourth-order valence-corrected chi connectivity index (χ4v) is 2.26. The normalized spacial score (nSPS) is 14.2. The summed E-state index contributed by atoms with van der Waals surface area (Å²) >= 11 is 6.15. The minimum Gasteiger partial charge on any atom is -0.429 e. The van der Waals surface area contributed by atoms with Crippen molar-refractivity contribution in [2.24, 2.45) is 0 Å². The Morgan fingerprint density at radius 1 is 1.38 bits per heavy atom. The SMILES string of the molecule is Cc1cnc(N2Cc3cccc(Cl)c3C2)o1. The summed E-state index contributed by atoms with van der Waals surface area (Å²) in [6.07, 6.45) is 1.74. The maximum absolute atomic E-state index is 6.15. The number of hydrogen-bond donors (Lipinski definition) is 0. The average Bonchev–Trinajstić information content (AvgIpc) is 2.84. The van der Waals surface area contributed by atoms with Gasteiger partial charge in [-0.1, -0.05) is 23.7 Å². The molecule has 0 bridgehead atoms. The van der Waals surface area contributed by atoms with E-state index in [9.17, 15) is 0 Å². The van der Waals surface area contributed by atoms with Gasteiger partial charge in [0.15, 0.2) is 0 Å². The number of benzene rings is 1. The molecule has 1 aromatic carbocycles. The van der Waals surface area contributed by atoms with Crippen LogP contribution in [0.3, 0.4) is 0 Å². The maximum atomic E-state index is 6.15. The Morgan fingerprint density at radius 2 is 2.25 bits per heavy atom. The highest BCUT2D eigenvalue weighted by Gasteiger charge is 2.23. The molecule has 0 saturated heterocycles. The van der Waals surface area contributed by atoms with Crippen molar-refractivity contribution in [2.45, 2.75) is 20.0 Å². The molecule has 0 amide bonds. The van der Waals surface area contributed by atoms with Crippen LogP contribution < -0.4 is 4.90 Å². The zero-order chi connectivity index (χ0) is 11.1. The predicted molar refractivity (Wildman–Crippen MR) is 62.6 cm³/mol. The largest absolute Gasteiger partial charge is 0.429 e. The molecule has 0 fully saturated rings. The van der Waals surface area contributed by atoms with Crippen molar-refractivity contribution in [1.29, 1.82) is 0 Å². The molecular formula is C12H11ClN2O. The second-order valence-corrected chi connectivity index (χ2v) is 4.39. The Hall–Kier alpha value is -1.48. The topological polar surface area (TPSA) is 29.3 Å². The minimum atomic E-state index is 0.671. The second kappa shape index (κ2) is 3.52. The molecule has 2 aromatic rings. The number of nitrogens with zero attached hydrogens (tertiary/aromatic N) is 2. The molecule has 0 atom stereocenters. The zero-order valence-corrected chi connectivity index (χ0v) is 9.66. The van der Waals surface area contributed by atoms with Crippen molar-refractivity contribution in [3.8, 4) is 0 Å². The van der Waals surface area contributed by atoms with Crippen LogP contribution in [0.5, 0.6) is 0 Å². The number of halogens is 1. The Bertz CT molecular complexity index is 536. The molecule has 16 heavy (non-hydrogen) atoms. The van der Waals surface area contributed by atoms with Gasteiger partial charge in [-0.25, -0.2) is 4.98 Å². The van der Waals surface area contributed by atoms with Crippen molar-refractivity contribution in [3.05, 3.63) is 46.3 Å². The third-order valence-corrected chi connectivity index (χ3v) is 3.16. The Balaban J connectivity index is 1.93. The van der Waals surface area contributed by atoms with Gasteiger partial charge < -0.3 is 9.32 Å². The molecule has 1 aliphatic rings. The number of hydrogen-bond acceptors (Lipinski definition) is 3. The highest BCUT2D eigenvalue weighted by atomic mass is 35.5. The van der Waals surface area contributed by atoms with Crippen LogP contribution in [-0.2, 0) is 13.1 Å². The number of fused-ring (bicyclic) bond motifs is 1. The van der Waals surface area contributed by atoms with E-state index in [0.717, 1.165) is 23.9 Å². The van der Waals surface area contributed by atoms with Gasteiger partial charge in [-0.15, -0.1) is 0 Å². The molecule has 0 spiro atoms. The molecule has 1 aromatic heterocycles. The van der Waals surface area contributed by atoms with Crippen LogP contribution in [-0.4, -0.2) is 4.98 Å². The molecule has 0 radical (unpaired) electrons. The number of anilines is 1. The zero-order valence-electron chi connectivity index (χ0n) is 8.90. The van der Waals surface area contributed by atoms with Crippen molar-refractivity contribution >= 4 is 17.6 Å². The molecule has 0 unspecified atom stereocenters. The van der Waals surface area contributed by atoms with Crippen LogP contribution in [0.1, 0.15) is 16.9 Å². The van der Waals surface area contributed by atoms with E-state index in [0.29, 0.717) is 6.01 Å². The van der Waals surface area contributed by atoms with E-state index < -0.39 is 0 Å². The van der Waals surface area contributed by atoms with Crippen molar-refractivity contribution in [2.75, 3.05) is 4.90 Å². The summed E-state index contributed by atoms with van der Waals surface area (Å²) in [5.41, 5.74) is 2.43. The third kappa shape index (κ3) is 1.48. The molecule has 1 aliphatic heterocycles. The number of oxazole rings is 1. The predicted octanol–water partition coefficient (Wildman–Crippen LogP) is 3.16. The number of aromatic nitrogens is 1. The van der Waals surface area contributed by atoms with E-state index in [1.807, 2.05) is 19.1 Å². The Labute approximate surface area is 98.7 Å². The van der Waals surface area contributed by atoms with E-state index in [-0.39, 0.29) is 0 Å². The summed E-state index contributed by atoms with van der Waals surface area (Å²) in [5, 5.41) is 0.822. The molecule has 2 heterocycles. The lowest BCUT2D eigenvalue weighted by atomic mass is 10.1. The molecule has 0 aliphatic carbocycles. The molecule has 82 valence electrons. The van der Waals surface area contributed by atoms with E-state index >= 15 is 0 Å². The first-order chi connectivity index (χ1) is 7.74. The van der Waals surface area contributed by atoms with Crippen LogP contribution >= 0.6 is 11.6 Å². The summed E-state index contributed by atoms with van der Waals surface area (Å²) in [4.78, 5) is 6.31. The second-order valence-electron chi connectivity index (χ2n) is 3.99. The lowest BCUT2D eigenvalue weighted by Gasteiger charge is -2.11. The summed E-state index contributed by atoms with van der Waals surface area (Å²) < 4.78 is 5.51. The van der Waals surface area contributed by atoms with Gasteiger partial charge in [0.2, 0.25) is 0 Å². The summed E-state index contributed by atoms with van der Waals surface area (Å²) in [7, 11) is 0. The van der Waals surface area contributed by atoms with Crippen molar-refractivity contribution < 1.29 is 4.42 Å². The number of aryl methyl sites for hydroxylation is 1. The minimum absolute atomic E-state index is 0.671. The van der Waals surface area contributed by atoms with Gasteiger partial charge in [-0.2, -0.15) is 0 Å². The van der Waals surface area contributed by atoms with Crippen LogP contribution in [0.4, 0.5) is 6.01 Å². The molecule has 0 saturated carbocycles. The quantitative estimate of drug-likeness (QED) is 0.759. The highest BCUT2D eigenvalue weighted by Crippen LogP contribution is 2.31. The van der Waals surface area contributed by atoms with Crippen LogP contribution in [0.15, 0.2) is 28.8 Å². The lowest BCUT2D eigenvalue weighted by Crippen LogP contribution is -2.14. The van der Waals surface area contributed by atoms with Gasteiger partial charge in [0.25, 0.3) is 6.01 Å². The fourth-order valence-electron chi connectivity index (χ4n) is 2.01. The van der Waals surface area contributed by atoms with Crippen molar-refractivity contribution in [3.63, 3.8) is 0 Å². The van der Waals surface area contributed by atoms with Crippen LogP contribution in [0.2, 0.25) is 5.02 Å². The summed E-state index contributed by atoms with van der Waals surface area (Å²) in [6, 6.07) is 6.66. The van der Waals surface area contributed by atoms with E-state index in [1.54, 1.807) is 6.20 Å². The lowest BCUT2D eigenvalue weighted by molar-refractivity contribution is 0.512. The maximum Gasteiger partial charge on any atom is 0.298 e. The smallest absolute Gasteiger partial charge is 0.298 e. The molecule has 4 heteroatoms. The van der Waals surface area contributed by atoms with E-state index in [2.05, 4.69) is 16.0 Å². The van der Waals surface area contributed by atoms with Gasteiger partial charge in [0, 0.05) is 18.1 Å². The van der Waals surface area contributed by atoms with Crippen molar-refractivity contribution in [1.82, 2.24) is 4.98 Å². The standard InChI is InChI=1S/C12H11ClN2O/c1-8-5-14-12(16-8)15-6-9-3-2-4-11(13)10(9)7-15/h2-5H,6-7H2,1H3. The van der Waals surface area contributed by atoms with Gasteiger partial charge in [0.05, 0.1) is 6.20 Å². The first kappa shape index (κ1) is 9.73. The van der Waals surface area contributed by atoms with Crippen LogP contribution in [0.25, 0.3) is 0 Å². The van der Waals surface area contributed by atoms with Gasteiger partial charge in [0.1, 0.15) is 5.76 Å². The van der Waals surface area contributed by atoms with Gasteiger partial charge in [-0.05, 0) is 24.1 Å². The first-order valence-electron chi connectivity index (χ1n) is 5.17. The Morgan fingerprint density at radius 3 is 2.94 bits per heavy atom. The van der Waals surface area contributed by atoms with Gasteiger partial charge >= 0.3 is 0 Å². The molecule has 3 nitrogen and oxygen atoms in total. The average molecular weight is 235 g/mol. The summed E-state index contributed by atoms with van der Waals surface area (Å²) in [6.45, 7) is 3.48. The number of rotatable bonds is 1. The van der Waals surface area contributed by atoms with Gasteiger partial charge in [-0.3, -0.25) is 0 Å². The van der Waals surface area contributed by atoms with Crippen LogP contribution in [0, 0.1) is 6.92 Å².